The van der Waals surface area contributed by atoms with Gasteiger partial charge in [0.2, 0.25) is 0 Å². The number of morpholine rings is 1. The zero-order valence-electron chi connectivity index (χ0n) is 14.9. The van der Waals surface area contributed by atoms with Crippen molar-refractivity contribution in [1.82, 2.24) is 25.1 Å². The lowest BCUT2D eigenvalue weighted by molar-refractivity contribution is -0.0357. The van der Waals surface area contributed by atoms with Crippen LogP contribution < -0.4 is 10.6 Å². The van der Waals surface area contributed by atoms with Crippen molar-refractivity contribution in [3.63, 3.8) is 0 Å². The highest BCUT2D eigenvalue weighted by Crippen LogP contribution is 2.33. The van der Waals surface area contributed by atoms with E-state index >= 15 is 0 Å². The summed E-state index contributed by atoms with van der Waals surface area (Å²) in [5, 5.41) is 5.57. The van der Waals surface area contributed by atoms with E-state index in [9.17, 15) is 13.6 Å². The molecule has 1 aromatic heterocycles. The van der Waals surface area contributed by atoms with Crippen LogP contribution in [0.2, 0.25) is 0 Å². The summed E-state index contributed by atoms with van der Waals surface area (Å²) in [6, 6.07) is -0.355. The van der Waals surface area contributed by atoms with Gasteiger partial charge in [0.05, 0.1) is 19.8 Å². The number of halogens is 2. The van der Waals surface area contributed by atoms with Gasteiger partial charge in [-0.25, -0.2) is 9.78 Å². The van der Waals surface area contributed by atoms with Gasteiger partial charge in [-0.3, -0.25) is 9.47 Å². The molecule has 2 fully saturated rings. The minimum atomic E-state index is -2.66. The Morgan fingerprint density at radius 1 is 1.23 bits per heavy atom. The Balaban J connectivity index is 1.53. The molecule has 1 aliphatic carbocycles. The zero-order chi connectivity index (χ0) is 18.4. The van der Waals surface area contributed by atoms with E-state index in [4.69, 9.17) is 4.74 Å². The SMILES string of the molecule is O=C(NCc1nccn1C(F)F)NCC1(N2CCOCC2)CCCCC1. The van der Waals surface area contributed by atoms with Crippen LogP contribution in [-0.4, -0.2) is 58.9 Å². The third-order valence-electron chi connectivity index (χ3n) is 5.41. The quantitative estimate of drug-likeness (QED) is 0.804. The van der Waals surface area contributed by atoms with E-state index in [-0.39, 0.29) is 23.9 Å². The molecule has 26 heavy (non-hydrogen) atoms. The number of rotatable bonds is 6. The molecular weight excluding hydrogens is 344 g/mol. The molecule has 1 aromatic rings. The molecule has 1 saturated heterocycles. The minimum absolute atomic E-state index is 0.0270. The number of carbonyl (C=O) groups is 1. The predicted molar refractivity (Wildman–Crippen MR) is 91.9 cm³/mol. The van der Waals surface area contributed by atoms with Crippen molar-refractivity contribution in [2.75, 3.05) is 32.8 Å². The van der Waals surface area contributed by atoms with E-state index in [1.54, 1.807) is 0 Å². The third kappa shape index (κ3) is 4.50. The van der Waals surface area contributed by atoms with E-state index in [1.165, 1.54) is 18.8 Å². The molecule has 2 heterocycles. The van der Waals surface area contributed by atoms with Gasteiger partial charge in [-0.05, 0) is 12.8 Å². The van der Waals surface area contributed by atoms with Gasteiger partial charge in [-0.15, -0.1) is 0 Å². The van der Waals surface area contributed by atoms with Gasteiger partial charge in [0, 0.05) is 37.6 Å². The monoisotopic (exact) mass is 371 g/mol. The molecule has 0 aromatic carbocycles. The number of imidazole rings is 1. The second-order valence-corrected chi connectivity index (χ2v) is 6.95. The molecule has 2 aliphatic rings. The Hall–Kier alpha value is -1.74. The van der Waals surface area contributed by atoms with Gasteiger partial charge < -0.3 is 15.4 Å². The second-order valence-electron chi connectivity index (χ2n) is 6.95. The highest BCUT2D eigenvalue weighted by Gasteiger charge is 2.38. The Bertz CT molecular complexity index is 583. The van der Waals surface area contributed by atoms with Crippen LogP contribution >= 0.6 is 0 Å². The summed E-state index contributed by atoms with van der Waals surface area (Å²) in [5.41, 5.74) is -0.0270. The number of ether oxygens (including phenoxy) is 1. The zero-order valence-corrected chi connectivity index (χ0v) is 14.9. The number of urea groups is 1. The lowest BCUT2D eigenvalue weighted by Crippen LogP contribution is -2.60. The van der Waals surface area contributed by atoms with Gasteiger partial charge in [0.1, 0.15) is 5.82 Å². The van der Waals surface area contributed by atoms with E-state index < -0.39 is 6.55 Å². The molecule has 0 spiro atoms. The fourth-order valence-corrected chi connectivity index (χ4v) is 3.98. The third-order valence-corrected chi connectivity index (χ3v) is 5.41. The van der Waals surface area contributed by atoms with Gasteiger partial charge in [-0.1, -0.05) is 19.3 Å². The number of amides is 2. The molecular formula is C17H27F2N5O2. The van der Waals surface area contributed by atoms with Crippen LogP contribution in [-0.2, 0) is 11.3 Å². The van der Waals surface area contributed by atoms with Gasteiger partial charge in [-0.2, -0.15) is 8.78 Å². The summed E-state index contributed by atoms with van der Waals surface area (Å²) in [5.74, 6) is 0.135. The number of alkyl halides is 2. The van der Waals surface area contributed by atoms with Crippen LogP contribution in [0.5, 0.6) is 0 Å². The number of hydrogen-bond donors (Lipinski definition) is 2. The highest BCUT2D eigenvalue weighted by molar-refractivity contribution is 5.73. The molecule has 146 valence electrons. The minimum Gasteiger partial charge on any atom is -0.379 e. The second kappa shape index (κ2) is 8.77. The maximum absolute atomic E-state index is 12.8. The number of aromatic nitrogens is 2. The average molecular weight is 371 g/mol. The Morgan fingerprint density at radius 2 is 1.96 bits per heavy atom. The maximum atomic E-state index is 12.8. The van der Waals surface area contributed by atoms with Crippen molar-refractivity contribution >= 4 is 6.03 Å². The van der Waals surface area contributed by atoms with Crippen molar-refractivity contribution in [1.29, 1.82) is 0 Å². The molecule has 0 atom stereocenters. The first-order chi connectivity index (χ1) is 12.6. The van der Waals surface area contributed by atoms with Crippen LogP contribution in [0.4, 0.5) is 13.6 Å². The van der Waals surface area contributed by atoms with Crippen molar-refractivity contribution in [2.24, 2.45) is 0 Å². The summed E-state index contributed by atoms with van der Waals surface area (Å²) >= 11 is 0. The summed E-state index contributed by atoms with van der Waals surface area (Å²) in [6.07, 6.45) is 8.17. The summed E-state index contributed by atoms with van der Waals surface area (Å²) in [6.45, 7) is 1.08. The fourth-order valence-electron chi connectivity index (χ4n) is 3.98. The molecule has 1 saturated carbocycles. The average Bonchev–Trinajstić information content (AvgIpc) is 3.15. The van der Waals surface area contributed by atoms with Crippen LogP contribution in [0.25, 0.3) is 0 Å². The standard InChI is InChI=1S/C17H27F2N5O2/c18-15(19)24-7-6-20-14(24)12-21-16(25)22-13-17(4-2-1-3-5-17)23-8-10-26-11-9-23/h6-7,15H,1-5,8-13H2,(H2,21,22,25). The number of nitrogens with one attached hydrogen (secondary N) is 2. The van der Waals surface area contributed by atoms with Crippen LogP contribution in [0.3, 0.4) is 0 Å². The molecule has 9 heteroatoms. The van der Waals surface area contributed by atoms with Crippen molar-refractivity contribution < 1.29 is 18.3 Å². The predicted octanol–water partition coefficient (Wildman–Crippen LogP) is 2.11. The smallest absolute Gasteiger partial charge is 0.319 e. The molecule has 0 bridgehead atoms. The normalized spacial score (nSPS) is 20.9. The largest absolute Gasteiger partial charge is 0.379 e. The maximum Gasteiger partial charge on any atom is 0.319 e. The molecule has 1 aliphatic heterocycles. The lowest BCUT2D eigenvalue weighted by Gasteiger charge is -2.48. The first-order valence-corrected chi connectivity index (χ1v) is 9.25. The Labute approximate surface area is 152 Å². The van der Waals surface area contributed by atoms with E-state index in [2.05, 4.69) is 20.5 Å². The van der Waals surface area contributed by atoms with Crippen molar-refractivity contribution in [3.05, 3.63) is 18.2 Å². The van der Waals surface area contributed by atoms with E-state index in [1.807, 2.05) is 0 Å². The highest BCUT2D eigenvalue weighted by atomic mass is 19.3. The van der Waals surface area contributed by atoms with Gasteiger partial charge in [0.15, 0.2) is 0 Å². The number of nitrogens with zero attached hydrogens (tertiary/aromatic N) is 3. The molecule has 2 N–H and O–H groups in total. The Morgan fingerprint density at radius 3 is 2.65 bits per heavy atom. The molecule has 2 amide bonds. The molecule has 0 unspecified atom stereocenters. The topological polar surface area (TPSA) is 71.4 Å². The first-order valence-electron chi connectivity index (χ1n) is 9.25. The molecule has 3 rings (SSSR count). The van der Waals surface area contributed by atoms with E-state index in [0.29, 0.717) is 6.54 Å². The van der Waals surface area contributed by atoms with Crippen molar-refractivity contribution in [2.45, 2.75) is 50.7 Å². The summed E-state index contributed by atoms with van der Waals surface area (Å²) < 4.78 is 31.8. The fraction of sp³-hybridized carbons (Fsp3) is 0.765. The number of hydrogen-bond acceptors (Lipinski definition) is 4. The van der Waals surface area contributed by atoms with E-state index in [0.717, 1.165) is 56.6 Å². The Kier molecular flexibility index (Phi) is 6.42. The van der Waals surface area contributed by atoms with Crippen LogP contribution in [0.1, 0.15) is 44.5 Å². The van der Waals surface area contributed by atoms with Crippen molar-refractivity contribution in [3.8, 4) is 0 Å². The first kappa shape index (κ1) is 19.0. The molecule has 0 radical (unpaired) electrons. The summed E-state index contributed by atoms with van der Waals surface area (Å²) in [4.78, 5) is 18.5. The van der Waals surface area contributed by atoms with Crippen LogP contribution in [0.15, 0.2) is 12.4 Å². The van der Waals surface area contributed by atoms with Gasteiger partial charge in [0.25, 0.3) is 0 Å². The number of carbonyl (C=O) groups excluding carboxylic acids is 1. The molecule has 7 nitrogen and oxygen atoms in total. The summed E-state index contributed by atoms with van der Waals surface area (Å²) in [7, 11) is 0. The van der Waals surface area contributed by atoms with Gasteiger partial charge >= 0.3 is 12.6 Å². The van der Waals surface area contributed by atoms with Crippen LogP contribution in [0, 0.1) is 0 Å². The lowest BCUT2D eigenvalue weighted by atomic mass is 9.80.